The highest BCUT2D eigenvalue weighted by Crippen LogP contribution is 2.42. The number of benzene rings is 1. The molecule has 1 aromatic carbocycles. The van der Waals surface area contributed by atoms with Crippen LogP contribution in [0.1, 0.15) is 28.0 Å². The minimum Gasteiger partial charge on any atom is -0.480 e. The first-order chi connectivity index (χ1) is 11.7. The smallest absolute Gasteiger partial charge is 0.274 e. The largest absolute Gasteiger partial charge is 0.480 e. The first-order valence-corrected chi connectivity index (χ1v) is 8.11. The maximum atomic E-state index is 12.8. The van der Waals surface area contributed by atoms with E-state index in [9.17, 15) is 4.79 Å². The molecule has 0 radical (unpaired) electrons. The number of aryl methyl sites for hydroxylation is 1. The molecule has 1 unspecified atom stereocenters. The van der Waals surface area contributed by atoms with Gasteiger partial charge in [0.1, 0.15) is 5.60 Å². The van der Waals surface area contributed by atoms with Crippen LogP contribution in [0.15, 0.2) is 36.4 Å². The molecule has 1 atom stereocenters. The summed E-state index contributed by atoms with van der Waals surface area (Å²) in [6.07, 6.45) is 1.89. The first kappa shape index (κ1) is 15.1. The van der Waals surface area contributed by atoms with Crippen molar-refractivity contribution in [3.05, 3.63) is 53.2 Å². The van der Waals surface area contributed by atoms with Gasteiger partial charge in [-0.25, -0.2) is 0 Å². The van der Waals surface area contributed by atoms with Gasteiger partial charge in [-0.2, -0.15) is 0 Å². The van der Waals surface area contributed by atoms with Crippen molar-refractivity contribution in [2.45, 2.75) is 18.4 Å². The number of hydrogen-bond acceptors (Lipinski definition) is 5. The molecular formula is C18H19N3O3. The van der Waals surface area contributed by atoms with E-state index in [4.69, 9.17) is 9.47 Å². The Bertz CT molecular complexity index is 758. The minimum absolute atomic E-state index is 0.114. The Balaban J connectivity index is 1.58. The van der Waals surface area contributed by atoms with Crippen molar-refractivity contribution in [2.75, 3.05) is 26.8 Å². The predicted molar refractivity (Wildman–Crippen MR) is 86.9 cm³/mol. The minimum atomic E-state index is -0.385. The van der Waals surface area contributed by atoms with Crippen molar-refractivity contribution in [1.29, 1.82) is 0 Å². The highest BCUT2D eigenvalue weighted by Gasteiger charge is 2.44. The maximum absolute atomic E-state index is 12.8. The van der Waals surface area contributed by atoms with Gasteiger partial charge in [0.2, 0.25) is 5.88 Å². The number of amides is 1. The van der Waals surface area contributed by atoms with E-state index < -0.39 is 0 Å². The van der Waals surface area contributed by atoms with Crippen LogP contribution in [-0.2, 0) is 16.8 Å². The molecule has 2 aromatic rings. The van der Waals surface area contributed by atoms with E-state index in [1.54, 1.807) is 12.1 Å². The Kier molecular flexibility index (Phi) is 3.69. The summed E-state index contributed by atoms with van der Waals surface area (Å²) >= 11 is 0. The van der Waals surface area contributed by atoms with E-state index >= 15 is 0 Å². The Morgan fingerprint density at radius 3 is 2.92 bits per heavy atom. The second-order valence-corrected chi connectivity index (χ2v) is 6.19. The molecule has 1 spiro atoms. The molecule has 6 heteroatoms. The molecule has 0 saturated carbocycles. The van der Waals surface area contributed by atoms with E-state index in [0.29, 0.717) is 31.3 Å². The van der Waals surface area contributed by atoms with Gasteiger partial charge in [-0.3, -0.25) is 4.79 Å². The standard InChI is InChI=1S/C18H19N3O3/c1-23-16-7-6-15(19-20-16)17(22)21-10-11-24-18(12-21)9-8-13-4-2-3-5-14(13)18/h2-7H,8-12H2,1H3. The third-order valence-corrected chi connectivity index (χ3v) is 4.85. The van der Waals surface area contributed by atoms with Crippen molar-refractivity contribution in [3.63, 3.8) is 0 Å². The lowest BCUT2D eigenvalue weighted by Gasteiger charge is -2.41. The van der Waals surface area contributed by atoms with Gasteiger partial charge in [0.15, 0.2) is 5.69 Å². The highest BCUT2D eigenvalue weighted by molar-refractivity contribution is 5.92. The maximum Gasteiger partial charge on any atom is 0.274 e. The molecule has 0 bridgehead atoms. The van der Waals surface area contributed by atoms with E-state index in [0.717, 1.165) is 12.8 Å². The fraction of sp³-hybridized carbons (Fsp3) is 0.389. The number of rotatable bonds is 2. The van der Waals surface area contributed by atoms with Crippen LogP contribution in [0.2, 0.25) is 0 Å². The number of methoxy groups -OCH3 is 1. The molecule has 0 N–H and O–H groups in total. The molecule has 24 heavy (non-hydrogen) atoms. The Morgan fingerprint density at radius 1 is 1.25 bits per heavy atom. The normalized spacial score (nSPS) is 22.5. The summed E-state index contributed by atoms with van der Waals surface area (Å²) in [5.74, 6) is 0.284. The van der Waals surface area contributed by atoms with Crippen LogP contribution in [0.5, 0.6) is 5.88 Å². The zero-order valence-electron chi connectivity index (χ0n) is 13.6. The SMILES string of the molecule is COc1ccc(C(=O)N2CCOC3(CCc4ccccc43)C2)nn1. The fourth-order valence-corrected chi connectivity index (χ4v) is 3.63. The number of aromatic nitrogens is 2. The second-order valence-electron chi connectivity index (χ2n) is 6.19. The van der Waals surface area contributed by atoms with Crippen LogP contribution in [-0.4, -0.2) is 47.8 Å². The summed E-state index contributed by atoms with van der Waals surface area (Å²) in [7, 11) is 1.52. The van der Waals surface area contributed by atoms with Crippen molar-refractivity contribution >= 4 is 5.91 Å². The van der Waals surface area contributed by atoms with Crippen molar-refractivity contribution < 1.29 is 14.3 Å². The molecule has 2 heterocycles. The van der Waals surface area contributed by atoms with Gasteiger partial charge in [0, 0.05) is 12.6 Å². The van der Waals surface area contributed by atoms with Gasteiger partial charge in [0.05, 0.1) is 20.3 Å². The topological polar surface area (TPSA) is 64.5 Å². The van der Waals surface area contributed by atoms with E-state index in [-0.39, 0.29) is 11.5 Å². The monoisotopic (exact) mass is 325 g/mol. The van der Waals surface area contributed by atoms with Gasteiger partial charge in [-0.15, -0.1) is 10.2 Å². The van der Waals surface area contributed by atoms with E-state index in [2.05, 4.69) is 28.4 Å². The van der Waals surface area contributed by atoms with Crippen LogP contribution in [0.3, 0.4) is 0 Å². The first-order valence-electron chi connectivity index (χ1n) is 8.11. The van der Waals surface area contributed by atoms with Crippen LogP contribution >= 0.6 is 0 Å². The summed E-state index contributed by atoms with van der Waals surface area (Å²) in [6.45, 7) is 1.65. The van der Waals surface area contributed by atoms with Crippen LogP contribution < -0.4 is 4.74 Å². The molecule has 124 valence electrons. The third-order valence-electron chi connectivity index (χ3n) is 4.85. The average molecular weight is 325 g/mol. The van der Waals surface area contributed by atoms with Gasteiger partial charge in [0.25, 0.3) is 5.91 Å². The lowest BCUT2D eigenvalue weighted by molar-refractivity contribution is -0.104. The second kappa shape index (κ2) is 5.87. The number of carbonyl (C=O) groups excluding carboxylic acids is 1. The van der Waals surface area contributed by atoms with Crippen molar-refractivity contribution in [1.82, 2.24) is 15.1 Å². The van der Waals surface area contributed by atoms with Crippen LogP contribution in [0.4, 0.5) is 0 Å². The van der Waals surface area contributed by atoms with Crippen LogP contribution in [0.25, 0.3) is 0 Å². The number of ether oxygens (including phenoxy) is 2. The van der Waals surface area contributed by atoms with Gasteiger partial charge in [-0.05, 0) is 30.0 Å². The molecule has 6 nitrogen and oxygen atoms in total. The fourth-order valence-electron chi connectivity index (χ4n) is 3.63. The molecule has 1 aromatic heterocycles. The molecule has 2 aliphatic rings. The quantitative estimate of drug-likeness (QED) is 0.842. The number of hydrogen-bond donors (Lipinski definition) is 0. The zero-order valence-corrected chi connectivity index (χ0v) is 13.6. The summed E-state index contributed by atoms with van der Waals surface area (Å²) in [5, 5.41) is 7.86. The number of carbonyl (C=O) groups is 1. The molecule has 1 aliphatic heterocycles. The lowest BCUT2D eigenvalue weighted by Crippen LogP contribution is -2.51. The Labute approximate surface area is 140 Å². The highest BCUT2D eigenvalue weighted by atomic mass is 16.5. The van der Waals surface area contributed by atoms with Gasteiger partial charge in [-0.1, -0.05) is 24.3 Å². The Hall–Kier alpha value is -2.47. The molecule has 1 fully saturated rings. The van der Waals surface area contributed by atoms with Gasteiger partial charge < -0.3 is 14.4 Å². The van der Waals surface area contributed by atoms with Gasteiger partial charge >= 0.3 is 0 Å². The van der Waals surface area contributed by atoms with Crippen molar-refractivity contribution in [3.8, 4) is 5.88 Å². The summed E-state index contributed by atoms with van der Waals surface area (Å²) in [6, 6.07) is 11.6. The Morgan fingerprint density at radius 2 is 2.12 bits per heavy atom. The predicted octanol–water partition coefficient (Wildman–Crippen LogP) is 1.80. The van der Waals surface area contributed by atoms with E-state index in [1.165, 1.54) is 18.2 Å². The summed E-state index contributed by atoms with van der Waals surface area (Å²) < 4.78 is 11.1. The molecule has 1 amide bonds. The lowest BCUT2D eigenvalue weighted by atomic mass is 9.93. The molecular weight excluding hydrogens is 306 g/mol. The summed E-state index contributed by atoms with van der Waals surface area (Å²) in [5.41, 5.74) is 2.48. The average Bonchev–Trinajstić information content (AvgIpc) is 2.99. The number of nitrogens with zero attached hydrogens (tertiary/aromatic N) is 3. The van der Waals surface area contributed by atoms with E-state index in [1.807, 2.05) is 11.0 Å². The molecule has 4 rings (SSSR count). The van der Waals surface area contributed by atoms with Crippen LogP contribution in [0, 0.1) is 0 Å². The molecule has 1 aliphatic carbocycles. The molecule has 1 saturated heterocycles. The zero-order chi connectivity index (χ0) is 16.6. The number of morpholine rings is 1. The third kappa shape index (κ3) is 2.43. The number of fused-ring (bicyclic) bond motifs is 2. The van der Waals surface area contributed by atoms with Crippen molar-refractivity contribution in [2.24, 2.45) is 0 Å². The summed E-state index contributed by atoms with van der Waals surface area (Å²) in [4.78, 5) is 14.6.